The predicted octanol–water partition coefficient (Wildman–Crippen LogP) is 3.18. The third kappa shape index (κ3) is 4.20. The van der Waals surface area contributed by atoms with Crippen LogP contribution in [0.2, 0.25) is 5.02 Å². The van der Waals surface area contributed by atoms with Crippen LogP contribution < -0.4 is 0 Å². The number of rotatable bonds is 7. The van der Waals surface area contributed by atoms with E-state index in [1.807, 2.05) is 53.2 Å². The van der Waals surface area contributed by atoms with E-state index in [4.69, 9.17) is 16.3 Å². The first kappa shape index (κ1) is 16.6. The Labute approximate surface area is 145 Å². The van der Waals surface area contributed by atoms with Crippen LogP contribution in [0.1, 0.15) is 5.56 Å². The summed E-state index contributed by atoms with van der Waals surface area (Å²) < 4.78 is 7.44. The SMILES string of the molecule is OC(COCc1ccccc1Cl)Cn1ccnc1-c1ccccn1. The minimum Gasteiger partial charge on any atom is -0.389 e. The molecule has 0 aliphatic rings. The minimum atomic E-state index is -0.649. The first-order chi connectivity index (χ1) is 11.7. The number of aliphatic hydroxyl groups is 1. The molecular formula is C18H18ClN3O2. The van der Waals surface area contributed by atoms with Crippen LogP contribution in [0.3, 0.4) is 0 Å². The summed E-state index contributed by atoms with van der Waals surface area (Å²) in [4.78, 5) is 8.60. The third-order valence-electron chi connectivity index (χ3n) is 3.54. The number of imidazole rings is 1. The first-order valence-corrected chi connectivity index (χ1v) is 8.03. The van der Waals surface area contributed by atoms with Gasteiger partial charge in [-0.3, -0.25) is 4.98 Å². The maximum Gasteiger partial charge on any atom is 0.158 e. The number of pyridine rings is 1. The molecule has 2 heterocycles. The summed E-state index contributed by atoms with van der Waals surface area (Å²) in [5, 5.41) is 10.9. The van der Waals surface area contributed by atoms with E-state index in [2.05, 4.69) is 9.97 Å². The Hall–Kier alpha value is -2.21. The summed E-state index contributed by atoms with van der Waals surface area (Å²) >= 11 is 6.08. The third-order valence-corrected chi connectivity index (χ3v) is 3.91. The van der Waals surface area contributed by atoms with Crippen LogP contribution in [-0.4, -0.2) is 32.4 Å². The molecule has 124 valence electrons. The molecule has 1 N–H and O–H groups in total. The second kappa shape index (κ2) is 8.06. The molecule has 24 heavy (non-hydrogen) atoms. The standard InChI is InChI=1S/C18H18ClN3O2/c19-16-6-2-1-5-14(16)12-24-13-15(23)11-22-10-9-21-18(22)17-7-3-4-8-20-17/h1-10,15,23H,11-13H2. The van der Waals surface area contributed by atoms with Crippen molar-refractivity contribution in [2.24, 2.45) is 0 Å². The van der Waals surface area contributed by atoms with Crippen LogP contribution in [0.25, 0.3) is 11.5 Å². The molecule has 1 atom stereocenters. The molecule has 0 radical (unpaired) electrons. The molecule has 0 aliphatic heterocycles. The molecule has 0 amide bonds. The van der Waals surface area contributed by atoms with Gasteiger partial charge in [0.1, 0.15) is 5.69 Å². The Bertz CT molecular complexity index is 777. The van der Waals surface area contributed by atoms with Gasteiger partial charge in [-0.05, 0) is 23.8 Å². The van der Waals surface area contributed by atoms with Gasteiger partial charge in [-0.2, -0.15) is 0 Å². The fourth-order valence-electron chi connectivity index (χ4n) is 2.38. The molecule has 0 saturated carbocycles. The Morgan fingerprint density at radius 2 is 1.92 bits per heavy atom. The Morgan fingerprint density at radius 3 is 2.71 bits per heavy atom. The van der Waals surface area contributed by atoms with Crippen LogP contribution in [0.15, 0.2) is 61.1 Å². The average molecular weight is 344 g/mol. The van der Waals surface area contributed by atoms with Gasteiger partial charge in [0.05, 0.1) is 25.9 Å². The highest BCUT2D eigenvalue weighted by molar-refractivity contribution is 6.31. The largest absolute Gasteiger partial charge is 0.389 e. The van der Waals surface area contributed by atoms with E-state index >= 15 is 0 Å². The molecule has 0 spiro atoms. The lowest BCUT2D eigenvalue weighted by atomic mass is 10.2. The highest BCUT2D eigenvalue weighted by Crippen LogP contribution is 2.17. The van der Waals surface area contributed by atoms with Gasteiger partial charge in [-0.1, -0.05) is 35.9 Å². The van der Waals surface area contributed by atoms with Gasteiger partial charge in [0, 0.05) is 23.6 Å². The number of nitrogens with zero attached hydrogens (tertiary/aromatic N) is 3. The van der Waals surface area contributed by atoms with Crippen molar-refractivity contribution in [2.75, 3.05) is 6.61 Å². The molecule has 3 aromatic rings. The molecule has 3 rings (SSSR count). The number of hydrogen-bond acceptors (Lipinski definition) is 4. The van der Waals surface area contributed by atoms with E-state index in [-0.39, 0.29) is 6.61 Å². The summed E-state index contributed by atoms with van der Waals surface area (Å²) in [6, 6.07) is 13.2. The van der Waals surface area contributed by atoms with Crippen LogP contribution in [-0.2, 0) is 17.9 Å². The summed E-state index contributed by atoms with van der Waals surface area (Å²) in [5.41, 5.74) is 1.68. The van der Waals surface area contributed by atoms with E-state index in [1.165, 1.54) is 0 Å². The molecule has 0 aliphatic carbocycles. The number of halogens is 1. The van der Waals surface area contributed by atoms with Gasteiger partial charge >= 0.3 is 0 Å². The maximum atomic E-state index is 10.2. The molecule has 2 aromatic heterocycles. The van der Waals surface area contributed by atoms with Gasteiger partial charge < -0.3 is 14.4 Å². The molecule has 0 fully saturated rings. The second-order valence-corrected chi connectivity index (χ2v) is 5.79. The van der Waals surface area contributed by atoms with Crippen molar-refractivity contribution < 1.29 is 9.84 Å². The van der Waals surface area contributed by atoms with Gasteiger partial charge in [-0.25, -0.2) is 4.98 Å². The fraction of sp³-hybridized carbons (Fsp3) is 0.222. The van der Waals surface area contributed by atoms with Crippen LogP contribution in [0.5, 0.6) is 0 Å². The van der Waals surface area contributed by atoms with E-state index < -0.39 is 6.10 Å². The summed E-state index contributed by atoms with van der Waals surface area (Å²) in [6.45, 7) is 0.966. The smallest absolute Gasteiger partial charge is 0.158 e. The van der Waals surface area contributed by atoms with Gasteiger partial charge in [-0.15, -0.1) is 0 Å². The first-order valence-electron chi connectivity index (χ1n) is 7.66. The van der Waals surface area contributed by atoms with Crippen molar-refractivity contribution in [3.8, 4) is 11.5 Å². The van der Waals surface area contributed by atoms with Crippen molar-refractivity contribution in [1.82, 2.24) is 14.5 Å². The normalized spacial score (nSPS) is 12.2. The molecule has 0 bridgehead atoms. The zero-order valence-corrected chi connectivity index (χ0v) is 13.8. The van der Waals surface area contributed by atoms with Gasteiger partial charge in [0.2, 0.25) is 0 Å². The van der Waals surface area contributed by atoms with Crippen LogP contribution in [0.4, 0.5) is 0 Å². The zero-order valence-electron chi connectivity index (χ0n) is 13.0. The monoisotopic (exact) mass is 343 g/mol. The Kier molecular flexibility index (Phi) is 5.59. The number of benzene rings is 1. The van der Waals surface area contributed by atoms with Crippen molar-refractivity contribution in [3.63, 3.8) is 0 Å². The molecule has 1 unspecified atom stereocenters. The van der Waals surface area contributed by atoms with E-state index in [9.17, 15) is 5.11 Å². The minimum absolute atomic E-state index is 0.213. The molecule has 0 saturated heterocycles. The number of ether oxygens (including phenoxy) is 1. The van der Waals surface area contributed by atoms with Crippen LogP contribution in [0, 0.1) is 0 Å². The molecule has 5 nitrogen and oxygen atoms in total. The summed E-state index contributed by atoms with van der Waals surface area (Å²) in [5.74, 6) is 0.723. The fourth-order valence-corrected chi connectivity index (χ4v) is 2.58. The van der Waals surface area contributed by atoms with E-state index in [0.717, 1.165) is 17.1 Å². The lowest BCUT2D eigenvalue weighted by Gasteiger charge is -2.14. The highest BCUT2D eigenvalue weighted by atomic mass is 35.5. The van der Waals surface area contributed by atoms with Gasteiger partial charge in [0.15, 0.2) is 5.82 Å². The van der Waals surface area contributed by atoms with Gasteiger partial charge in [0.25, 0.3) is 0 Å². The average Bonchev–Trinajstić information content (AvgIpc) is 3.05. The Morgan fingerprint density at radius 1 is 1.08 bits per heavy atom. The molecular weight excluding hydrogens is 326 g/mol. The van der Waals surface area contributed by atoms with E-state index in [0.29, 0.717) is 18.2 Å². The molecule has 6 heteroatoms. The van der Waals surface area contributed by atoms with Crippen molar-refractivity contribution >= 4 is 11.6 Å². The van der Waals surface area contributed by atoms with Crippen molar-refractivity contribution in [2.45, 2.75) is 19.3 Å². The maximum absolute atomic E-state index is 10.2. The predicted molar refractivity (Wildman–Crippen MR) is 92.6 cm³/mol. The summed E-state index contributed by atoms with van der Waals surface area (Å²) in [6.07, 6.45) is 4.59. The van der Waals surface area contributed by atoms with Crippen LogP contribution >= 0.6 is 11.6 Å². The zero-order chi connectivity index (χ0) is 16.8. The lowest BCUT2D eigenvalue weighted by molar-refractivity contribution is 0.0206. The number of aliphatic hydroxyl groups excluding tert-OH is 1. The number of aromatic nitrogens is 3. The van der Waals surface area contributed by atoms with Crippen molar-refractivity contribution in [1.29, 1.82) is 0 Å². The highest BCUT2D eigenvalue weighted by Gasteiger charge is 2.12. The summed E-state index contributed by atoms with van der Waals surface area (Å²) in [7, 11) is 0. The Balaban J connectivity index is 1.55. The topological polar surface area (TPSA) is 60.2 Å². The second-order valence-electron chi connectivity index (χ2n) is 5.38. The quantitative estimate of drug-likeness (QED) is 0.715. The van der Waals surface area contributed by atoms with E-state index in [1.54, 1.807) is 12.4 Å². The molecule has 1 aromatic carbocycles. The lowest BCUT2D eigenvalue weighted by Crippen LogP contribution is -2.22. The van der Waals surface area contributed by atoms with Crippen molar-refractivity contribution in [3.05, 3.63) is 71.6 Å². The number of hydrogen-bond donors (Lipinski definition) is 1.